The van der Waals surface area contributed by atoms with Gasteiger partial charge in [-0.3, -0.25) is 4.98 Å². The summed E-state index contributed by atoms with van der Waals surface area (Å²) in [7, 11) is 0. The predicted octanol–water partition coefficient (Wildman–Crippen LogP) is 9.85. The molecule has 0 aliphatic carbocycles. The number of hydrogen-bond acceptors (Lipinski definition) is 3. The zero-order valence-corrected chi connectivity index (χ0v) is 23.8. The van der Waals surface area contributed by atoms with Gasteiger partial charge in [-0.15, -0.1) is 0 Å². The van der Waals surface area contributed by atoms with Crippen LogP contribution in [0.5, 0.6) is 0 Å². The lowest BCUT2D eigenvalue weighted by Crippen LogP contribution is -2.00. The van der Waals surface area contributed by atoms with E-state index in [0.717, 1.165) is 33.4 Å². The van der Waals surface area contributed by atoms with E-state index in [1.165, 1.54) is 0 Å². The van der Waals surface area contributed by atoms with Crippen molar-refractivity contribution in [2.24, 2.45) is 0 Å². The van der Waals surface area contributed by atoms with Gasteiger partial charge in [-0.05, 0) is 64.2 Å². The molecule has 0 bridgehead atoms. The Balaban J connectivity index is 0.000000181. The van der Waals surface area contributed by atoms with Crippen LogP contribution in [0.15, 0.2) is 116 Å². The Morgan fingerprint density at radius 3 is 1.77 bits per heavy atom. The molecule has 1 unspecified atom stereocenters. The summed E-state index contributed by atoms with van der Waals surface area (Å²) in [5.41, 5.74) is 5.70. The maximum absolute atomic E-state index is 10.4. The number of nitrogens with zero attached hydrogens (tertiary/aromatic N) is 1. The van der Waals surface area contributed by atoms with Crippen LogP contribution in [0.1, 0.15) is 28.4 Å². The predicted molar refractivity (Wildman–Crippen MR) is 162 cm³/mol. The second kappa shape index (κ2) is 14.5. The quantitative estimate of drug-likeness (QED) is 0.203. The minimum atomic E-state index is -0.646. The standard InChI is InChI=1S/C18H15NO.C14H10Cl4O/c20-18(17-10-5-11-19-13-17)16-9-4-8-15(12-16)14-6-2-1-3-7-14;15-11-3-1-9(13(17)5-11)7-19-8-10-2-4-12(16)6-14(10)18/h1-13,18,20H;1-6H,7-8H2. The SMILES string of the molecule is Clc1ccc(COCc2ccc(Cl)cc2Cl)c(Cl)c1.OC(c1cccnc1)c1cccc(-c2ccccc2)c1. The van der Waals surface area contributed by atoms with E-state index in [1.807, 2.05) is 60.7 Å². The monoisotopic (exact) mass is 595 g/mol. The molecule has 1 atom stereocenters. The molecular formula is C32H25Cl4NO2. The molecule has 0 radical (unpaired) electrons. The molecule has 0 saturated heterocycles. The molecule has 0 amide bonds. The van der Waals surface area contributed by atoms with Crippen molar-refractivity contribution in [2.75, 3.05) is 0 Å². The Morgan fingerprint density at radius 2 is 1.21 bits per heavy atom. The van der Waals surface area contributed by atoms with Crippen LogP contribution < -0.4 is 0 Å². The molecule has 0 spiro atoms. The molecule has 0 saturated carbocycles. The van der Waals surface area contributed by atoms with Crippen molar-refractivity contribution in [3.8, 4) is 11.1 Å². The number of pyridine rings is 1. The number of ether oxygens (including phenoxy) is 1. The first-order valence-corrected chi connectivity index (χ1v) is 13.6. The third-order valence-corrected chi connectivity index (χ3v) is 7.03. The van der Waals surface area contributed by atoms with E-state index in [2.05, 4.69) is 23.2 Å². The Bertz CT molecular complexity index is 1450. The van der Waals surface area contributed by atoms with Crippen LogP contribution in [0, 0.1) is 0 Å². The van der Waals surface area contributed by atoms with Crippen molar-refractivity contribution < 1.29 is 9.84 Å². The van der Waals surface area contributed by atoms with E-state index < -0.39 is 6.10 Å². The lowest BCUT2D eigenvalue weighted by molar-refractivity contribution is 0.107. The zero-order valence-electron chi connectivity index (χ0n) is 20.8. The maximum Gasteiger partial charge on any atom is 0.106 e. The van der Waals surface area contributed by atoms with E-state index in [1.54, 1.807) is 36.7 Å². The minimum Gasteiger partial charge on any atom is -0.384 e. The van der Waals surface area contributed by atoms with Gasteiger partial charge in [-0.25, -0.2) is 0 Å². The average molecular weight is 597 g/mol. The van der Waals surface area contributed by atoms with Gasteiger partial charge in [-0.2, -0.15) is 0 Å². The first-order valence-electron chi connectivity index (χ1n) is 12.1. The van der Waals surface area contributed by atoms with Crippen LogP contribution in [0.2, 0.25) is 20.1 Å². The summed E-state index contributed by atoms with van der Waals surface area (Å²) in [5.74, 6) is 0. The fraction of sp³-hybridized carbons (Fsp3) is 0.0938. The smallest absolute Gasteiger partial charge is 0.106 e. The van der Waals surface area contributed by atoms with Crippen molar-refractivity contribution in [1.82, 2.24) is 4.98 Å². The van der Waals surface area contributed by atoms with Gasteiger partial charge in [0.2, 0.25) is 0 Å². The number of halogens is 4. The van der Waals surface area contributed by atoms with Gasteiger partial charge in [0.25, 0.3) is 0 Å². The highest BCUT2D eigenvalue weighted by molar-refractivity contribution is 6.35. The molecule has 5 rings (SSSR count). The third kappa shape index (κ3) is 8.55. The van der Waals surface area contributed by atoms with Crippen LogP contribution in [0.25, 0.3) is 11.1 Å². The summed E-state index contributed by atoms with van der Waals surface area (Å²) in [5, 5.41) is 12.8. The molecule has 0 fully saturated rings. The van der Waals surface area contributed by atoms with E-state index in [9.17, 15) is 5.11 Å². The molecule has 0 aliphatic rings. The van der Waals surface area contributed by atoms with Gasteiger partial charge in [0.05, 0.1) is 13.2 Å². The Kier molecular flexibility index (Phi) is 10.8. The molecular weight excluding hydrogens is 572 g/mol. The first-order chi connectivity index (χ1) is 18.9. The summed E-state index contributed by atoms with van der Waals surface area (Å²) in [6.07, 6.45) is 2.75. The molecule has 4 aromatic carbocycles. The molecule has 0 aliphatic heterocycles. The number of hydrogen-bond donors (Lipinski definition) is 1. The van der Waals surface area contributed by atoms with E-state index >= 15 is 0 Å². The van der Waals surface area contributed by atoms with Crippen molar-refractivity contribution >= 4 is 46.4 Å². The van der Waals surface area contributed by atoms with Gasteiger partial charge in [0, 0.05) is 38.0 Å². The van der Waals surface area contributed by atoms with E-state index in [4.69, 9.17) is 51.1 Å². The summed E-state index contributed by atoms with van der Waals surface area (Å²) in [4.78, 5) is 4.05. The highest BCUT2D eigenvalue weighted by atomic mass is 35.5. The second-order valence-corrected chi connectivity index (χ2v) is 10.3. The van der Waals surface area contributed by atoms with Gasteiger partial charge in [0.1, 0.15) is 6.10 Å². The first kappa shape index (κ1) is 29.1. The number of aromatic nitrogens is 1. The molecule has 1 aromatic heterocycles. The highest BCUT2D eigenvalue weighted by Crippen LogP contribution is 2.27. The van der Waals surface area contributed by atoms with Crippen LogP contribution >= 0.6 is 46.4 Å². The third-order valence-electron chi connectivity index (χ3n) is 5.85. The molecule has 1 heterocycles. The minimum absolute atomic E-state index is 0.398. The number of aliphatic hydroxyl groups is 1. The lowest BCUT2D eigenvalue weighted by Gasteiger charge is -2.12. The molecule has 5 aromatic rings. The summed E-state index contributed by atoms with van der Waals surface area (Å²) in [6, 6.07) is 32.5. The summed E-state index contributed by atoms with van der Waals surface area (Å²) >= 11 is 23.8. The normalized spacial score (nSPS) is 11.4. The van der Waals surface area contributed by atoms with Crippen molar-refractivity contribution in [3.63, 3.8) is 0 Å². The van der Waals surface area contributed by atoms with Gasteiger partial charge in [-0.1, -0.05) is 113 Å². The molecule has 3 nitrogen and oxygen atoms in total. The van der Waals surface area contributed by atoms with Gasteiger partial charge >= 0.3 is 0 Å². The Hall–Kier alpha value is -2.89. The summed E-state index contributed by atoms with van der Waals surface area (Å²) < 4.78 is 5.59. The number of benzene rings is 4. The molecule has 39 heavy (non-hydrogen) atoms. The average Bonchev–Trinajstić information content (AvgIpc) is 2.96. The van der Waals surface area contributed by atoms with Gasteiger partial charge in [0.15, 0.2) is 0 Å². The number of rotatable bonds is 7. The highest BCUT2D eigenvalue weighted by Gasteiger charge is 2.11. The van der Waals surface area contributed by atoms with E-state index in [0.29, 0.717) is 33.3 Å². The molecule has 1 N–H and O–H groups in total. The van der Waals surface area contributed by atoms with E-state index in [-0.39, 0.29) is 0 Å². The second-order valence-electron chi connectivity index (χ2n) is 8.64. The van der Waals surface area contributed by atoms with Crippen LogP contribution in [-0.4, -0.2) is 10.1 Å². The number of aliphatic hydroxyl groups excluding tert-OH is 1. The van der Waals surface area contributed by atoms with Crippen LogP contribution in [0.3, 0.4) is 0 Å². The lowest BCUT2D eigenvalue weighted by atomic mass is 9.98. The van der Waals surface area contributed by atoms with Crippen LogP contribution in [-0.2, 0) is 18.0 Å². The fourth-order valence-corrected chi connectivity index (χ4v) is 4.72. The molecule has 198 valence electrons. The Labute approximate surface area is 248 Å². The van der Waals surface area contributed by atoms with Crippen LogP contribution in [0.4, 0.5) is 0 Å². The zero-order chi connectivity index (χ0) is 27.6. The van der Waals surface area contributed by atoms with Gasteiger partial charge < -0.3 is 9.84 Å². The van der Waals surface area contributed by atoms with Crippen molar-refractivity contribution in [1.29, 1.82) is 0 Å². The largest absolute Gasteiger partial charge is 0.384 e. The Morgan fingerprint density at radius 1 is 0.615 bits per heavy atom. The fourth-order valence-electron chi connectivity index (χ4n) is 3.80. The topological polar surface area (TPSA) is 42.4 Å². The maximum atomic E-state index is 10.4. The molecule has 7 heteroatoms. The summed E-state index contributed by atoms with van der Waals surface area (Å²) in [6.45, 7) is 0.796. The van der Waals surface area contributed by atoms with Crippen molar-refractivity contribution in [3.05, 3.63) is 158 Å². The van der Waals surface area contributed by atoms with Crippen molar-refractivity contribution in [2.45, 2.75) is 19.3 Å².